The Labute approximate surface area is 273 Å². The van der Waals surface area contributed by atoms with Gasteiger partial charge in [-0.3, -0.25) is 19.3 Å². The highest BCUT2D eigenvalue weighted by atomic mass is 16.3. The lowest BCUT2D eigenvalue weighted by atomic mass is 9.46. The summed E-state index contributed by atoms with van der Waals surface area (Å²) >= 11 is 0. The van der Waals surface area contributed by atoms with Gasteiger partial charge in [0.25, 0.3) is 5.91 Å². The third-order valence-electron chi connectivity index (χ3n) is 10.5. The van der Waals surface area contributed by atoms with Crippen LogP contribution in [0.2, 0.25) is 0 Å². The summed E-state index contributed by atoms with van der Waals surface area (Å²) in [7, 11) is 3.17. The molecule has 0 aromatic heterocycles. The van der Waals surface area contributed by atoms with Crippen LogP contribution in [0.25, 0.3) is 27.7 Å². The number of fused-ring (bicyclic) bond motifs is 4. The Morgan fingerprint density at radius 1 is 1.00 bits per heavy atom. The molecular formula is C37H41N3O7. The van der Waals surface area contributed by atoms with E-state index in [2.05, 4.69) is 31.3 Å². The Morgan fingerprint density at radius 2 is 1.64 bits per heavy atom. The minimum Gasteiger partial charge on any atom is -0.508 e. The fourth-order valence-electron chi connectivity index (χ4n) is 8.64. The Hall–Kier alpha value is -4.51. The zero-order chi connectivity index (χ0) is 34.4. The number of benzene rings is 3. The zero-order valence-electron chi connectivity index (χ0n) is 27.4. The Kier molecular flexibility index (Phi) is 7.43. The minimum absolute atomic E-state index is 0.0403. The largest absolute Gasteiger partial charge is 0.508 e. The number of phenols is 1. The number of aliphatic hydroxyl groups is 3. The van der Waals surface area contributed by atoms with Crippen molar-refractivity contribution in [2.75, 3.05) is 14.1 Å². The summed E-state index contributed by atoms with van der Waals surface area (Å²) in [5, 5.41) is 52.1. The van der Waals surface area contributed by atoms with Crippen molar-refractivity contribution in [2.45, 2.75) is 64.8 Å². The number of aliphatic hydroxyl groups excluding tert-OH is 2. The third kappa shape index (κ3) is 4.38. The van der Waals surface area contributed by atoms with Crippen LogP contribution in [0.4, 0.5) is 0 Å². The molecule has 0 saturated heterocycles. The number of aromatic hydroxyl groups is 1. The summed E-state index contributed by atoms with van der Waals surface area (Å²) in [4.78, 5) is 42.1. The average molecular weight is 640 g/mol. The second-order valence-electron chi connectivity index (χ2n) is 14.3. The summed E-state index contributed by atoms with van der Waals surface area (Å²) in [6.07, 6.45) is 0.122. The van der Waals surface area contributed by atoms with Gasteiger partial charge in [0.2, 0.25) is 5.78 Å². The molecule has 1 fully saturated rings. The fraction of sp³-hybridized carbons (Fsp3) is 0.378. The fourth-order valence-corrected chi connectivity index (χ4v) is 8.64. The first-order valence-corrected chi connectivity index (χ1v) is 15.7. The molecule has 10 nitrogen and oxygen atoms in total. The molecule has 10 heteroatoms. The van der Waals surface area contributed by atoms with Crippen molar-refractivity contribution in [1.82, 2.24) is 10.2 Å². The maximum Gasteiger partial charge on any atom is 0.255 e. The van der Waals surface area contributed by atoms with Crippen molar-refractivity contribution in [3.8, 4) is 16.9 Å². The quantitative estimate of drug-likeness (QED) is 0.218. The molecule has 0 bridgehead atoms. The highest BCUT2D eigenvalue weighted by Gasteiger charge is 2.72. The first kappa shape index (κ1) is 32.4. The lowest BCUT2D eigenvalue weighted by Crippen LogP contribution is -2.72. The summed E-state index contributed by atoms with van der Waals surface area (Å²) in [5.41, 5.74) is 2.29. The van der Waals surface area contributed by atoms with E-state index in [1.807, 2.05) is 24.3 Å². The zero-order valence-corrected chi connectivity index (χ0v) is 27.4. The van der Waals surface area contributed by atoms with Crippen molar-refractivity contribution >= 4 is 34.0 Å². The van der Waals surface area contributed by atoms with Gasteiger partial charge >= 0.3 is 0 Å². The molecule has 0 radical (unpaired) electrons. The maximum absolute atomic E-state index is 14.6. The number of nitrogens with one attached hydrogen (secondary N) is 1. The summed E-state index contributed by atoms with van der Waals surface area (Å²) in [6.45, 7) is 8.16. The third-order valence-corrected chi connectivity index (χ3v) is 10.5. The topological polar surface area (TPSA) is 173 Å². The highest BCUT2D eigenvalue weighted by Crippen LogP contribution is 2.63. The van der Waals surface area contributed by atoms with Crippen molar-refractivity contribution in [1.29, 1.82) is 0 Å². The van der Waals surface area contributed by atoms with Crippen LogP contribution in [0.15, 0.2) is 65.4 Å². The molecule has 7 N–H and O–H groups in total. The van der Waals surface area contributed by atoms with Crippen LogP contribution in [-0.4, -0.2) is 74.6 Å². The number of primary amides is 1. The number of carbonyl (C=O) groups is 3. The van der Waals surface area contributed by atoms with Gasteiger partial charge in [0.1, 0.15) is 22.8 Å². The van der Waals surface area contributed by atoms with Crippen LogP contribution >= 0.6 is 0 Å². The Balaban J connectivity index is 1.60. The predicted octanol–water partition coefficient (Wildman–Crippen LogP) is 4.06. The van der Waals surface area contributed by atoms with Crippen LogP contribution < -0.4 is 11.1 Å². The number of ketones is 2. The number of nitrogens with zero attached hydrogens (tertiary/aromatic N) is 1. The van der Waals surface area contributed by atoms with Crippen LogP contribution in [0.3, 0.4) is 0 Å². The van der Waals surface area contributed by atoms with E-state index < -0.39 is 57.0 Å². The molecule has 3 aromatic carbocycles. The summed E-state index contributed by atoms with van der Waals surface area (Å²) < 4.78 is 0. The molecule has 1 amide bonds. The van der Waals surface area contributed by atoms with E-state index in [9.17, 15) is 34.8 Å². The van der Waals surface area contributed by atoms with Gasteiger partial charge in [-0.05, 0) is 66.0 Å². The number of nitrogens with two attached hydrogens (primary N) is 1. The van der Waals surface area contributed by atoms with E-state index in [4.69, 9.17) is 5.73 Å². The van der Waals surface area contributed by atoms with E-state index in [1.165, 1.54) is 17.9 Å². The number of likely N-dealkylation sites (N-methyl/N-ethyl adjacent to an activating group) is 1. The molecule has 0 spiro atoms. The van der Waals surface area contributed by atoms with Crippen LogP contribution in [0, 0.1) is 10.8 Å². The van der Waals surface area contributed by atoms with Gasteiger partial charge in [-0.15, -0.1) is 0 Å². The number of amides is 1. The van der Waals surface area contributed by atoms with Gasteiger partial charge < -0.3 is 31.5 Å². The summed E-state index contributed by atoms with van der Waals surface area (Å²) in [5.74, 6) is -5.03. The number of hydrogen-bond acceptors (Lipinski definition) is 9. The average Bonchev–Trinajstić information content (AvgIpc) is 2.97. The monoisotopic (exact) mass is 639 g/mol. The second-order valence-corrected chi connectivity index (χ2v) is 14.3. The first-order valence-electron chi connectivity index (χ1n) is 15.7. The molecule has 47 heavy (non-hydrogen) atoms. The van der Waals surface area contributed by atoms with E-state index in [0.717, 1.165) is 27.5 Å². The molecule has 0 aliphatic heterocycles. The van der Waals surface area contributed by atoms with Crippen LogP contribution in [-0.2, 0) is 27.3 Å². The van der Waals surface area contributed by atoms with Crippen molar-refractivity contribution < 1.29 is 34.8 Å². The van der Waals surface area contributed by atoms with E-state index >= 15 is 0 Å². The normalized spacial score (nSPS) is 27.4. The number of hydrogen-bond donors (Lipinski definition) is 6. The lowest BCUT2D eigenvalue weighted by Gasteiger charge is -2.59. The van der Waals surface area contributed by atoms with Gasteiger partial charge in [0.15, 0.2) is 11.4 Å². The highest BCUT2D eigenvalue weighted by molar-refractivity contribution is 6.25. The number of rotatable bonds is 6. The summed E-state index contributed by atoms with van der Waals surface area (Å²) in [6, 6.07) is 14.5. The molecular weight excluding hydrogens is 598 g/mol. The van der Waals surface area contributed by atoms with Gasteiger partial charge in [-0.2, -0.15) is 0 Å². The minimum atomic E-state index is -2.76. The molecule has 6 rings (SSSR count). The molecule has 4 atom stereocenters. The smallest absolute Gasteiger partial charge is 0.255 e. The molecule has 0 heterocycles. The second kappa shape index (κ2) is 10.8. The van der Waals surface area contributed by atoms with Crippen LogP contribution in [0.5, 0.6) is 5.75 Å². The molecule has 3 aromatic rings. The molecule has 246 valence electrons. The molecule has 0 unspecified atom stereocenters. The molecule has 3 aliphatic carbocycles. The lowest BCUT2D eigenvalue weighted by molar-refractivity contribution is -0.175. The van der Waals surface area contributed by atoms with Crippen molar-refractivity contribution in [2.24, 2.45) is 16.6 Å². The Bertz CT molecular complexity index is 1960. The van der Waals surface area contributed by atoms with Crippen molar-refractivity contribution in [3.63, 3.8) is 0 Å². The standard InChI is InChI=1S/C37H41N3O7/c1-18(2)39-16-19-11-12-22(21-10-8-7-9-20(19)21)23-13-14-25(41)26-24(23)15-35(3)17-36(4)31(40(5)6)30(43)27(34(38)46)32(44)37(36,47)33(45)28(35)29(26)42/h7-14,18,31,39,41-42,44,47H,15-17H2,1-6H3,(H2,38,46)/t31-,35+,36+,37-/m1/s1. The first-order chi connectivity index (χ1) is 22.0. The van der Waals surface area contributed by atoms with Gasteiger partial charge in [-0.25, -0.2) is 0 Å². The Morgan fingerprint density at radius 3 is 2.26 bits per heavy atom. The molecule has 3 aliphatic rings. The van der Waals surface area contributed by atoms with E-state index in [1.54, 1.807) is 27.1 Å². The van der Waals surface area contributed by atoms with Crippen molar-refractivity contribution in [3.05, 3.63) is 82.1 Å². The van der Waals surface area contributed by atoms with Gasteiger partial charge in [0.05, 0.1) is 11.6 Å². The van der Waals surface area contributed by atoms with Gasteiger partial charge in [0, 0.05) is 29.0 Å². The number of phenolic OH excluding ortho intramolecular Hbond substituents is 1. The van der Waals surface area contributed by atoms with E-state index in [-0.39, 0.29) is 29.7 Å². The van der Waals surface area contributed by atoms with E-state index in [0.29, 0.717) is 18.2 Å². The van der Waals surface area contributed by atoms with Gasteiger partial charge in [-0.1, -0.05) is 70.2 Å². The SMILES string of the molecule is CC(C)NCc1ccc(-c2ccc(O)c3c2C[C@@]2(C)C[C@@]4(C)[C@H](N(C)C)C(=O)C(C(N)=O)=C(O)[C@@]4(O)C(=O)C2=C3O)c2ccccc12. The number of carbonyl (C=O) groups excluding carboxylic acids is 3. The molecule has 1 saturated carbocycles. The maximum atomic E-state index is 14.6. The number of Topliss-reactive ketones (excluding diaryl/α,β-unsaturated/α-hetero) is 2. The van der Waals surface area contributed by atoms with Crippen LogP contribution in [0.1, 0.15) is 50.8 Å². The predicted molar refractivity (Wildman–Crippen MR) is 178 cm³/mol.